The van der Waals surface area contributed by atoms with E-state index in [0.29, 0.717) is 0 Å². The molecule has 1 aromatic rings. The Labute approximate surface area is 73.9 Å². The van der Waals surface area contributed by atoms with Gasteiger partial charge in [0.15, 0.2) is 0 Å². The molecule has 0 radical (unpaired) electrons. The van der Waals surface area contributed by atoms with E-state index in [9.17, 15) is 4.39 Å². The molecule has 1 rings (SSSR count). The van der Waals surface area contributed by atoms with Gasteiger partial charge in [0.1, 0.15) is 5.83 Å². The Bertz CT molecular complexity index is 241. The Morgan fingerprint density at radius 2 is 2.00 bits per heavy atom. The quantitative estimate of drug-likeness (QED) is 0.663. The van der Waals surface area contributed by atoms with E-state index in [0.717, 1.165) is 5.56 Å². The maximum absolute atomic E-state index is 12.6. The Morgan fingerprint density at radius 1 is 1.36 bits per heavy atom. The van der Waals surface area contributed by atoms with Crippen LogP contribution in [0.15, 0.2) is 36.2 Å². The lowest BCUT2D eigenvalue weighted by Crippen LogP contribution is -1.74. The van der Waals surface area contributed by atoms with Gasteiger partial charge in [-0.3, -0.25) is 0 Å². The molecule has 0 N–H and O–H groups in total. The number of allylic oxidation sites excluding steroid dienone is 1. The van der Waals surface area contributed by atoms with E-state index >= 15 is 0 Å². The smallest absolute Gasteiger partial charge is 0.111 e. The summed E-state index contributed by atoms with van der Waals surface area (Å²) >= 11 is 3.03. The van der Waals surface area contributed by atoms with E-state index in [4.69, 9.17) is 0 Å². The lowest BCUT2D eigenvalue weighted by atomic mass is 10.2. The van der Waals surface area contributed by atoms with Gasteiger partial charge in [0.25, 0.3) is 0 Å². The highest BCUT2D eigenvalue weighted by molar-refractivity contribution is 9.09. The third-order valence-corrected chi connectivity index (χ3v) is 1.79. The average molecular weight is 215 g/mol. The molecule has 0 heterocycles. The van der Waals surface area contributed by atoms with Crippen LogP contribution in [0.5, 0.6) is 0 Å². The lowest BCUT2D eigenvalue weighted by molar-refractivity contribution is 0.654. The molecule has 0 unspecified atom stereocenters. The van der Waals surface area contributed by atoms with Crippen molar-refractivity contribution in [3.63, 3.8) is 0 Å². The highest BCUT2D eigenvalue weighted by atomic mass is 79.9. The van der Waals surface area contributed by atoms with E-state index in [-0.39, 0.29) is 11.2 Å². The number of benzene rings is 1. The molecule has 0 bridgehead atoms. The standard InChI is InChI=1S/C9H8BrF/c10-7-9(11)6-8-4-2-1-3-5-8/h1-6H,7H2/b9-6+. The first kappa shape index (κ1) is 8.47. The molecule has 0 nitrogen and oxygen atoms in total. The van der Waals surface area contributed by atoms with Crippen LogP contribution in [0.25, 0.3) is 6.08 Å². The van der Waals surface area contributed by atoms with Gasteiger partial charge in [0.05, 0.1) is 5.33 Å². The van der Waals surface area contributed by atoms with Crippen LogP contribution < -0.4 is 0 Å². The minimum absolute atomic E-state index is 0.156. The minimum atomic E-state index is -0.156. The predicted molar refractivity (Wildman–Crippen MR) is 49.3 cm³/mol. The van der Waals surface area contributed by atoms with Crippen LogP contribution in [-0.2, 0) is 0 Å². The predicted octanol–water partition coefficient (Wildman–Crippen LogP) is 3.39. The first-order chi connectivity index (χ1) is 5.33. The summed E-state index contributed by atoms with van der Waals surface area (Å²) in [4.78, 5) is 0. The third-order valence-electron chi connectivity index (χ3n) is 1.25. The molecule has 1 aromatic carbocycles. The minimum Gasteiger partial charge on any atom is -0.211 e. The molecule has 0 saturated heterocycles. The molecular weight excluding hydrogens is 207 g/mol. The zero-order valence-corrected chi connectivity index (χ0v) is 7.51. The summed E-state index contributed by atoms with van der Waals surface area (Å²) in [6, 6.07) is 9.40. The second kappa shape index (κ2) is 4.29. The number of halogens is 2. The van der Waals surface area contributed by atoms with Crippen LogP contribution in [0.2, 0.25) is 0 Å². The molecule has 0 aromatic heterocycles. The van der Waals surface area contributed by atoms with Crippen molar-refractivity contribution in [3.8, 4) is 0 Å². The van der Waals surface area contributed by atoms with Crippen molar-refractivity contribution in [2.45, 2.75) is 0 Å². The summed E-state index contributed by atoms with van der Waals surface area (Å²) in [6.45, 7) is 0. The van der Waals surface area contributed by atoms with Crippen LogP contribution in [0.1, 0.15) is 5.56 Å². The first-order valence-electron chi connectivity index (χ1n) is 3.30. The van der Waals surface area contributed by atoms with Gasteiger partial charge in [-0.15, -0.1) is 0 Å². The number of rotatable bonds is 2. The second-order valence-corrected chi connectivity index (χ2v) is 2.70. The fourth-order valence-corrected chi connectivity index (χ4v) is 0.931. The van der Waals surface area contributed by atoms with Crippen LogP contribution in [-0.4, -0.2) is 5.33 Å². The molecule has 0 fully saturated rings. The van der Waals surface area contributed by atoms with E-state index in [2.05, 4.69) is 15.9 Å². The van der Waals surface area contributed by atoms with Crippen molar-refractivity contribution in [2.24, 2.45) is 0 Å². The highest BCUT2D eigenvalue weighted by Crippen LogP contribution is 2.08. The maximum Gasteiger partial charge on any atom is 0.111 e. The summed E-state index contributed by atoms with van der Waals surface area (Å²) in [5.74, 6) is -0.156. The largest absolute Gasteiger partial charge is 0.211 e. The summed E-state index contributed by atoms with van der Waals surface area (Å²) < 4.78 is 12.6. The molecule has 0 aliphatic rings. The topological polar surface area (TPSA) is 0 Å². The summed E-state index contributed by atoms with van der Waals surface area (Å²) in [7, 11) is 0. The molecular formula is C9H8BrF. The Hall–Kier alpha value is -0.630. The third kappa shape index (κ3) is 2.85. The number of alkyl halides is 1. The zero-order valence-electron chi connectivity index (χ0n) is 5.93. The van der Waals surface area contributed by atoms with Crippen molar-refractivity contribution in [2.75, 3.05) is 5.33 Å². The van der Waals surface area contributed by atoms with E-state index in [1.54, 1.807) is 0 Å². The Balaban J connectivity index is 2.79. The van der Waals surface area contributed by atoms with Gasteiger partial charge >= 0.3 is 0 Å². The van der Waals surface area contributed by atoms with Crippen molar-refractivity contribution in [3.05, 3.63) is 41.7 Å². The van der Waals surface area contributed by atoms with Crippen LogP contribution in [0.4, 0.5) is 4.39 Å². The molecule has 0 aliphatic heterocycles. The normalized spacial score (nSPS) is 11.6. The van der Waals surface area contributed by atoms with E-state index in [1.165, 1.54) is 6.08 Å². The molecule has 0 aliphatic carbocycles. The molecule has 0 saturated carbocycles. The van der Waals surface area contributed by atoms with Gasteiger partial charge in [0.2, 0.25) is 0 Å². The lowest BCUT2D eigenvalue weighted by Gasteiger charge is -1.91. The zero-order chi connectivity index (χ0) is 8.10. The average Bonchev–Trinajstić information content (AvgIpc) is 2.06. The molecule has 0 atom stereocenters. The summed E-state index contributed by atoms with van der Waals surface area (Å²) in [5, 5.41) is 0.280. The van der Waals surface area contributed by atoms with E-state index in [1.807, 2.05) is 30.3 Å². The van der Waals surface area contributed by atoms with Gasteiger partial charge in [0, 0.05) is 0 Å². The highest BCUT2D eigenvalue weighted by Gasteiger charge is 1.90. The van der Waals surface area contributed by atoms with Crippen molar-refractivity contribution >= 4 is 22.0 Å². The van der Waals surface area contributed by atoms with Crippen molar-refractivity contribution in [1.29, 1.82) is 0 Å². The molecule has 11 heavy (non-hydrogen) atoms. The van der Waals surface area contributed by atoms with Gasteiger partial charge in [-0.05, 0) is 11.6 Å². The maximum atomic E-state index is 12.6. The first-order valence-corrected chi connectivity index (χ1v) is 4.42. The Kier molecular flexibility index (Phi) is 3.30. The molecule has 58 valence electrons. The van der Waals surface area contributed by atoms with Gasteiger partial charge in [-0.2, -0.15) is 0 Å². The molecule has 0 amide bonds. The van der Waals surface area contributed by atoms with Crippen molar-refractivity contribution in [1.82, 2.24) is 0 Å². The van der Waals surface area contributed by atoms with Crippen LogP contribution in [0, 0.1) is 0 Å². The van der Waals surface area contributed by atoms with Crippen LogP contribution in [0.3, 0.4) is 0 Å². The summed E-state index contributed by atoms with van der Waals surface area (Å²) in [6.07, 6.45) is 1.51. The molecule has 2 heteroatoms. The Morgan fingerprint density at radius 3 is 2.55 bits per heavy atom. The van der Waals surface area contributed by atoms with Gasteiger partial charge in [-0.25, -0.2) is 4.39 Å². The van der Waals surface area contributed by atoms with E-state index < -0.39 is 0 Å². The fourth-order valence-electron chi connectivity index (χ4n) is 0.769. The molecule has 0 spiro atoms. The van der Waals surface area contributed by atoms with Gasteiger partial charge in [-0.1, -0.05) is 46.3 Å². The van der Waals surface area contributed by atoms with Gasteiger partial charge < -0.3 is 0 Å². The SMILES string of the molecule is F/C(=C/c1ccccc1)CBr. The monoisotopic (exact) mass is 214 g/mol. The fraction of sp³-hybridized carbons (Fsp3) is 0.111. The number of hydrogen-bond donors (Lipinski definition) is 0. The summed E-state index contributed by atoms with van der Waals surface area (Å²) in [5.41, 5.74) is 0.893. The number of hydrogen-bond acceptors (Lipinski definition) is 0. The van der Waals surface area contributed by atoms with Crippen molar-refractivity contribution < 1.29 is 4.39 Å². The second-order valence-electron chi connectivity index (χ2n) is 2.14. The van der Waals surface area contributed by atoms with Crippen LogP contribution >= 0.6 is 15.9 Å².